The van der Waals surface area contributed by atoms with Crippen LogP contribution in [0.4, 0.5) is 4.79 Å². The summed E-state index contributed by atoms with van der Waals surface area (Å²) in [5, 5.41) is 9.46. The largest absolute Gasteiger partial charge is 0.333 e. The van der Waals surface area contributed by atoms with E-state index in [-0.39, 0.29) is 36.9 Å². The van der Waals surface area contributed by atoms with Crippen LogP contribution in [0.3, 0.4) is 0 Å². The monoisotopic (exact) mass is 318 g/mol. The Kier molecular flexibility index (Phi) is 6.52. The number of aromatic nitrogens is 1. The third-order valence-electron chi connectivity index (χ3n) is 3.78. The molecule has 1 aliphatic carbocycles. The standard InChI is InChI=1S/C13H18N4O.2ClH/c18-13-16-11-5-4-9(7-12(11)17-13)15-8-10-3-1-2-6-14-10;;/h1-3,6,9,11-12,15H,4-5,7-8H2,(H2,16,17,18);2*1H. The molecule has 3 unspecified atom stereocenters. The number of carbonyl (C=O) groups excluding carboxylic acids is 1. The van der Waals surface area contributed by atoms with Crippen LogP contribution < -0.4 is 16.0 Å². The highest BCUT2D eigenvalue weighted by Gasteiger charge is 2.36. The minimum atomic E-state index is -0.0182. The molecule has 1 saturated carbocycles. The molecule has 112 valence electrons. The lowest BCUT2D eigenvalue weighted by molar-refractivity contribution is 0.247. The maximum absolute atomic E-state index is 11.2. The van der Waals surface area contributed by atoms with E-state index in [0.717, 1.165) is 31.5 Å². The van der Waals surface area contributed by atoms with Crippen LogP contribution in [-0.4, -0.2) is 29.1 Å². The van der Waals surface area contributed by atoms with Crippen LogP contribution in [0.2, 0.25) is 0 Å². The zero-order valence-electron chi connectivity index (χ0n) is 11.0. The molecule has 5 nitrogen and oxygen atoms in total. The first-order valence-corrected chi connectivity index (χ1v) is 6.51. The second-order valence-corrected chi connectivity index (χ2v) is 5.04. The number of nitrogens with one attached hydrogen (secondary N) is 3. The van der Waals surface area contributed by atoms with Gasteiger partial charge in [0.1, 0.15) is 0 Å². The van der Waals surface area contributed by atoms with Gasteiger partial charge in [0.15, 0.2) is 0 Å². The van der Waals surface area contributed by atoms with Crippen LogP contribution in [0.25, 0.3) is 0 Å². The maximum atomic E-state index is 11.2. The number of urea groups is 1. The maximum Gasteiger partial charge on any atom is 0.315 e. The van der Waals surface area contributed by atoms with Crippen molar-refractivity contribution in [1.29, 1.82) is 0 Å². The second kappa shape index (κ2) is 7.67. The van der Waals surface area contributed by atoms with Gasteiger partial charge < -0.3 is 16.0 Å². The van der Waals surface area contributed by atoms with Crippen LogP contribution in [0.1, 0.15) is 25.0 Å². The Morgan fingerprint density at radius 2 is 2.00 bits per heavy atom. The van der Waals surface area contributed by atoms with Crippen LogP contribution in [0.5, 0.6) is 0 Å². The van der Waals surface area contributed by atoms with Gasteiger partial charge in [0.25, 0.3) is 0 Å². The van der Waals surface area contributed by atoms with Crippen LogP contribution in [0, 0.1) is 0 Å². The molecule has 1 aromatic heterocycles. The van der Waals surface area contributed by atoms with Gasteiger partial charge in [-0.15, -0.1) is 24.8 Å². The van der Waals surface area contributed by atoms with Crippen molar-refractivity contribution < 1.29 is 4.79 Å². The molecule has 2 aliphatic rings. The molecule has 2 fully saturated rings. The summed E-state index contributed by atoms with van der Waals surface area (Å²) in [5.74, 6) is 0. The molecule has 2 amide bonds. The highest BCUT2D eigenvalue weighted by atomic mass is 35.5. The number of amides is 2. The Labute approximate surface area is 131 Å². The van der Waals surface area contributed by atoms with Crippen LogP contribution >= 0.6 is 24.8 Å². The van der Waals surface area contributed by atoms with Crippen molar-refractivity contribution in [3.8, 4) is 0 Å². The van der Waals surface area contributed by atoms with E-state index >= 15 is 0 Å². The van der Waals surface area contributed by atoms with Gasteiger partial charge in [-0.1, -0.05) is 6.07 Å². The van der Waals surface area contributed by atoms with Crippen molar-refractivity contribution in [2.45, 2.75) is 43.9 Å². The Morgan fingerprint density at radius 3 is 2.75 bits per heavy atom. The van der Waals surface area contributed by atoms with Gasteiger partial charge in [0.2, 0.25) is 0 Å². The quantitative estimate of drug-likeness (QED) is 0.793. The summed E-state index contributed by atoms with van der Waals surface area (Å²) in [6.45, 7) is 0.796. The number of halogens is 2. The molecule has 3 atom stereocenters. The number of carbonyl (C=O) groups is 1. The van der Waals surface area contributed by atoms with Crippen LogP contribution in [-0.2, 0) is 6.54 Å². The molecule has 0 bridgehead atoms. The van der Waals surface area contributed by atoms with Crippen molar-refractivity contribution in [2.75, 3.05) is 0 Å². The predicted molar refractivity (Wildman–Crippen MR) is 82.5 cm³/mol. The SMILES string of the molecule is Cl.Cl.O=C1NC2CCC(NCc3ccccn3)CC2N1. The minimum absolute atomic E-state index is 0. The Balaban J connectivity index is 0.000001000. The fraction of sp³-hybridized carbons (Fsp3) is 0.538. The number of hydrogen-bond acceptors (Lipinski definition) is 3. The zero-order chi connectivity index (χ0) is 12.4. The van der Waals surface area contributed by atoms with E-state index in [2.05, 4.69) is 20.9 Å². The molecule has 1 saturated heterocycles. The van der Waals surface area contributed by atoms with Crippen molar-refractivity contribution in [2.24, 2.45) is 0 Å². The summed E-state index contributed by atoms with van der Waals surface area (Å²) in [7, 11) is 0. The van der Waals surface area contributed by atoms with Gasteiger partial charge in [-0.05, 0) is 31.4 Å². The molecule has 3 N–H and O–H groups in total. The van der Waals surface area contributed by atoms with E-state index in [9.17, 15) is 4.79 Å². The molecule has 20 heavy (non-hydrogen) atoms. The van der Waals surface area contributed by atoms with E-state index in [4.69, 9.17) is 0 Å². The van der Waals surface area contributed by atoms with E-state index < -0.39 is 0 Å². The molecule has 1 aromatic rings. The summed E-state index contributed by atoms with van der Waals surface area (Å²) in [6, 6.07) is 7.01. The highest BCUT2D eigenvalue weighted by Crippen LogP contribution is 2.22. The second-order valence-electron chi connectivity index (χ2n) is 5.04. The number of pyridine rings is 1. The molecule has 7 heteroatoms. The van der Waals surface area contributed by atoms with Gasteiger partial charge in [0, 0.05) is 18.8 Å². The molecule has 0 radical (unpaired) electrons. The first kappa shape index (κ1) is 17.0. The summed E-state index contributed by atoms with van der Waals surface area (Å²) < 4.78 is 0. The fourth-order valence-electron chi connectivity index (χ4n) is 2.82. The number of rotatable bonds is 3. The van der Waals surface area contributed by atoms with E-state index in [1.54, 1.807) is 0 Å². The third-order valence-corrected chi connectivity index (χ3v) is 3.78. The molecule has 1 aliphatic heterocycles. The summed E-state index contributed by atoms with van der Waals surface area (Å²) >= 11 is 0. The fourth-order valence-corrected chi connectivity index (χ4v) is 2.82. The lowest BCUT2D eigenvalue weighted by Crippen LogP contribution is -2.46. The van der Waals surface area contributed by atoms with Gasteiger partial charge in [-0.2, -0.15) is 0 Å². The lowest BCUT2D eigenvalue weighted by Gasteiger charge is -2.31. The van der Waals surface area contributed by atoms with Crippen molar-refractivity contribution in [3.05, 3.63) is 30.1 Å². The average molecular weight is 319 g/mol. The van der Waals surface area contributed by atoms with E-state index in [1.807, 2.05) is 24.4 Å². The lowest BCUT2D eigenvalue weighted by atomic mass is 9.88. The van der Waals surface area contributed by atoms with Crippen molar-refractivity contribution in [3.63, 3.8) is 0 Å². The van der Waals surface area contributed by atoms with E-state index in [0.29, 0.717) is 12.1 Å². The highest BCUT2D eigenvalue weighted by molar-refractivity contribution is 5.85. The van der Waals surface area contributed by atoms with Crippen LogP contribution in [0.15, 0.2) is 24.4 Å². The number of nitrogens with zero attached hydrogens (tertiary/aromatic N) is 1. The molecule has 0 spiro atoms. The molecule has 2 heterocycles. The summed E-state index contributed by atoms with van der Waals surface area (Å²) in [5.41, 5.74) is 1.06. The topological polar surface area (TPSA) is 66.0 Å². The molecular weight excluding hydrogens is 299 g/mol. The summed E-state index contributed by atoms with van der Waals surface area (Å²) in [6.07, 6.45) is 4.96. The van der Waals surface area contributed by atoms with Gasteiger partial charge in [0.05, 0.1) is 17.8 Å². The van der Waals surface area contributed by atoms with E-state index in [1.165, 1.54) is 0 Å². The zero-order valence-corrected chi connectivity index (χ0v) is 12.7. The van der Waals surface area contributed by atoms with Crippen molar-refractivity contribution >= 4 is 30.8 Å². The first-order valence-electron chi connectivity index (χ1n) is 6.51. The van der Waals surface area contributed by atoms with Gasteiger partial charge in [-0.3, -0.25) is 4.98 Å². The molecular formula is C13H20Cl2N4O. The third kappa shape index (κ3) is 3.98. The predicted octanol–water partition coefficient (Wildman–Crippen LogP) is 1.62. The number of fused-ring (bicyclic) bond motifs is 1. The number of hydrogen-bond donors (Lipinski definition) is 3. The average Bonchev–Trinajstić information content (AvgIpc) is 2.77. The Bertz CT molecular complexity index is 432. The Morgan fingerprint density at radius 1 is 1.20 bits per heavy atom. The van der Waals surface area contributed by atoms with Crippen molar-refractivity contribution in [1.82, 2.24) is 20.9 Å². The van der Waals surface area contributed by atoms with Gasteiger partial charge in [-0.25, -0.2) is 4.79 Å². The normalized spacial score (nSPS) is 27.4. The molecule has 3 rings (SSSR count). The smallest absolute Gasteiger partial charge is 0.315 e. The van der Waals surface area contributed by atoms with Gasteiger partial charge >= 0.3 is 6.03 Å². The molecule has 0 aromatic carbocycles. The Hall–Kier alpha value is -1.04. The first-order chi connectivity index (χ1) is 8.81. The summed E-state index contributed by atoms with van der Waals surface area (Å²) in [4.78, 5) is 15.5. The minimum Gasteiger partial charge on any atom is -0.333 e.